The fourth-order valence-electron chi connectivity index (χ4n) is 1.14. The van der Waals surface area contributed by atoms with Crippen LogP contribution in [-0.4, -0.2) is 11.6 Å². The van der Waals surface area contributed by atoms with Crippen LogP contribution in [0, 0.1) is 0 Å². The third-order valence-corrected chi connectivity index (χ3v) is 1.78. The molecule has 58 valence electrons. The molecule has 2 heteroatoms. The molecule has 0 bridgehead atoms. The number of rotatable bonds is 0. The van der Waals surface area contributed by atoms with Gasteiger partial charge in [0.1, 0.15) is 0 Å². The van der Waals surface area contributed by atoms with Gasteiger partial charge in [0.15, 0.2) is 0 Å². The van der Waals surface area contributed by atoms with Crippen molar-refractivity contribution in [3.63, 3.8) is 0 Å². The second kappa shape index (κ2) is 3.76. The summed E-state index contributed by atoms with van der Waals surface area (Å²) in [7, 11) is 0. The van der Waals surface area contributed by atoms with E-state index in [9.17, 15) is 0 Å². The first-order valence-corrected chi connectivity index (χ1v) is 3.53. The largest absolute Gasteiger partial charge is 0.483 e. The van der Waals surface area contributed by atoms with Crippen LogP contribution >= 0.6 is 0 Å². The predicted molar refractivity (Wildman–Crippen MR) is 42.5 cm³/mol. The lowest BCUT2D eigenvalue weighted by Crippen LogP contribution is -2.06. The molecule has 0 saturated carbocycles. The van der Waals surface area contributed by atoms with Crippen LogP contribution in [0.4, 0.5) is 0 Å². The highest BCUT2D eigenvalue weighted by Crippen LogP contribution is 2.20. The van der Waals surface area contributed by atoms with Crippen LogP contribution in [0.1, 0.15) is 11.1 Å². The molecule has 1 aliphatic carbocycles. The van der Waals surface area contributed by atoms with E-state index in [1.165, 1.54) is 12.8 Å². The highest BCUT2D eigenvalue weighted by molar-refractivity contribution is 5.34. The molecule has 0 aliphatic heterocycles. The van der Waals surface area contributed by atoms with Gasteiger partial charge in [0.2, 0.25) is 0 Å². The van der Waals surface area contributed by atoms with Gasteiger partial charge >= 0.3 is 0 Å². The molecule has 0 fully saturated rings. The molecule has 1 aliphatic rings. The van der Waals surface area contributed by atoms with Crippen LogP contribution in [0.2, 0.25) is 0 Å². The van der Waals surface area contributed by atoms with E-state index >= 15 is 0 Å². The third kappa shape index (κ3) is 1.80. The first-order valence-electron chi connectivity index (χ1n) is 3.53. The highest BCUT2D eigenvalue weighted by Gasteiger charge is 2.09. The molecular formula is C9H10O2. The normalized spacial score (nSPS) is 11.6. The summed E-state index contributed by atoms with van der Waals surface area (Å²) in [5.41, 5.74) is 3.10. The van der Waals surface area contributed by atoms with Gasteiger partial charge in [0.25, 0.3) is 6.47 Å². The van der Waals surface area contributed by atoms with Crippen LogP contribution in [0.15, 0.2) is 24.3 Å². The van der Waals surface area contributed by atoms with Gasteiger partial charge in [-0.2, -0.15) is 0 Å². The van der Waals surface area contributed by atoms with Crippen molar-refractivity contribution in [3.05, 3.63) is 35.4 Å². The fourth-order valence-corrected chi connectivity index (χ4v) is 1.14. The maximum atomic E-state index is 8.36. The van der Waals surface area contributed by atoms with Crippen LogP contribution in [-0.2, 0) is 17.6 Å². The van der Waals surface area contributed by atoms with Crippen molar-refractivity contribution in [2.45, 2.75) is 12.8 Å². The molecule has 1 aromatic rings. The minimum absolute atomic E-state index is 0.250. The second-order valence-corrected chi connectivity index (χ2v) is 2.37. The van der Waals surface area contributed by atoms with Gasteiger partial charge in [-0.3, -0.25) is 4.79 Å². The van der Waals surface area contributed by atoms with Crippen molar-refractivity contribution < 1.29 is 9.90 Å². The molecule has 0 unspecified atom stereocenters. The zero-order valence-corrected chi connectivity index (χ0v) is 6.16. The van der Waals surface area contributed by atoms with E-state index < -0.39 is 0 Å². The summed E-state index contributed by atoms with van der Waals surface area (Å²) in [5, 5.41) is 6.89. The SMILES string of the molecule is O=CO.c1ccc2c(c1)CC2. The van der Waals surface area contributed by atoms with Gasteiger partial charge in [0.05, 0.1) is 0 Å². The smallest absolute Gasteiger partial charge is 0.290 e. The van der Waals surface area contributed by atoms with Gasteiger partial charge < -0.3 is 5.11 Å². The Hall–Kier alpha value is -1.31. The predicted octanol–water partition coefficient (Wildman–Crippen LogP) is 1.49. The van der Waals surface area contributed by atoms with Crippen molar-refractivity contribution >= 4 is 6.47 Å². The highest BCUT2D eigenvalue weighted by atomic mass is 16.3. The molecule has 0 heterocycles. The maximum absolute atomic E-state index is 8.36. The number of aryl methyl sites for hydroxylation is 2. The van der Waals surface area contributed by atoms with Crippen LogP contribution in [0.3, 0.4) is 0 Å². The van der Waals surface area contributed by atoms with E-state index in [4.69, 9.17) is 9.90 Å². The standard InChI is InChI=1S/C8H8.CH2O2/c1-2-4-8-6-5-7(8)3-1;2-1-3/h1-4H,5-6H2;1H,(H,2,3). The lowest BCUT2D eigenvalue weighted by molar-refractivity contribution is -0.122. The molecule has 0 aromatic heterocycles. The zero-order valence-electron chi connectivity index (χ0n) is 6.16. The van der Waals surface area contributed by atoms with Gasteiger partial charge in [-0.15, -0.1) is 0 Å². The molecule has 0 spiro atoms. The molecular weight excluding hydrogens is 140 g/mol. The Morgan fingerprint density at radius 2 is 1.55 bits per heavy atom. The molecule has 2 nitrogen and oxygen atoms in total. The average Bonchev–Trinajstić information content (AvgIpc) is 1.94. The summed E-state index contributed by atoms with van der Waals surface area (Å²) < 4.78 is 0. The van der Waals surface area contributed by atoms with Crippen molar-refractivity contribution in [2.75, 3.05) is 0 Å². The zero-order chi connectivity index (χ0) is 8.10. The van der Waals surface area contributed by atoms with Gasteiger partial charge in [-0.1, -0.05) is 24.3 Å². The first kappa shape index (κ1) is 7.79. The Morgan fingerprint density at radius 1 is 1.18 bits per heavy atom. The number of hydrogen-bond acceptors (Lipinski definition) is 1. The first-order chi connectivity index (χ1) is 5.38. The lowest BCUT2D eigenvalue weighted by atomic mass is 9.89. The van der Waals surface area contributed by atoms with Crippen LogP contribution in [0.25, 0.3) is 0 Å². The molecule has 0 saturated heterocycles. The molecule has 1 aromatic carbocycles. The average molecular weight is 150 g/mol. The quantitative estimate of drug-likeness (QED) is 0.569. The number of benzene rings is 1. The molecule has 0 radical (unpaired) electrons. The van der Waals surface area contributed by atoms with Crippen molar-refractivity contribution in [3.8, 4) is 0 Å². The van der Waals surface area contributed by atoms with E-state index in [0.29, 0.717) is 0 Å². The summed E-state index contributed by atoms with van der Waals surface area (Å²) in [4.78, 5) is 8.36. The fraction of sp³-hybridized carbons (Fsp3) is 0.222. The molecule has 1 N–H and O–H groups in total. The van der Waals surface area contributed by atoms with E-state index in [0.717, 1.165) is 0 Å². The summed E-state index contributed by atoms with van der Waals surface area (Å²) in [6, 6.07) is 8.63. The monoisotopic (exact) mass is 150 g/mol. The van der Waals surface area contributed by atoms with Crippen molar-refractivity contribution in [1.82, 2.24) is 0 Å². The van der Waals surface area contributed by atoms with Gasteiger partial charge in [-0.25, -0.2) is 0 Å². The molecule has 2 rings (SSSR count). The minimum Gasteiger partial charge on any atom is -0.483 e. The summed E-state index contributed by atoms with van der Waals surface area (Å²) in [6.45, 7) is -0.250. The number of carboxylic acid groups (broad SMARTS) is 1. The Bertz CT molecular complexity index is 220. The van der Waals surface area contributed by atoms with Crippen molar-refractivity contribution in [1.29, 1.82) is 0 Å². The summed E-state index contributed by atoms with van der Waals surface area (Å²) in [6.07, 6.45) is 2.60. The third-order valence-electron chi connectivity index (χ3n) is 1.78. The maximum Gasteiger partial charge on any atom is 0.290 e. The number of hydrogen-bond donors (Lipinski definition) is 1. The Balaban J connectivity index is 0.000000179. The van der Waals surface area contributed by atoms with E-state index in [1.54, 1.807) is 11.1 Å². The summed E-state index contributed by atoms with van der Waals surface area (Å²) in [5.74, 6) is 0. The lowest BCUT2D eigenvalue weighted by Gasteiger charge is -2.16. The molecule has 11 heavy (non-hydrogen) atoms. The topological polar surface area (TPSA) is 37.3 Å². The minimum atomic E-state index is -0.250. The second-order valence-electron chi connectivity index (χ2n) is 2.37. The Labute approximate surface area is 65.5 Å². The Morgan fingerprint density at radius 3 is 1.73 bits per heavy atom. The van der Waals surface area contributed by atoms with Gasteiger partial charge in [-0.05, 0) is 24.0 Å². The summed E-state index contributed by atoms with van der Waals surface area (Å²) >= 11 is 0. The van der Waals surface area contributed by atoms with Crippen LogP contribution in [0.5, 0.6) is 0 Å². The van der Waals surface area contributed by atoms with E-state index in [1.807, 2.05) is 0 Å². The molecule has 0 amide bonds. The van der Waals surface area contributed by atoms with E-state index in [2.05, 4.69) is 24.3 Å². The number of fused-ring (bicyclic) bond motifs is 1. The Kier molecular flexibility index (Phi) is 2.66. The molecule has 0 atom stereocenters. The number of carbonyl (C=O) groups is 1. The van der Waals surface area contributed by atoms with E-state index in [-0.39, 0.29) is 6.47 Å². The van der Waals surface area contributed by atoms with Gasteiger partial charge in [0, 0.05) is 0 Å². The van der Waals surface area contributed by atoms with Crippen LogP contribution < -0.4 is 0 Å². The van der Waals surface area contributed by atoms with Crippen molar-refractivity contribution in [2.24, 2.45) is 0 Å².